The fourth-order valence-corrected chi connectivity index (χ4v) is 9.45. The lowest BCUT2D eigenvalue weighted by atomic mass is 9.91. The van der Waals surface area contributed by atoms with E-state index >= 15 is 0 Å². The number of nitrogens with zero attached hydrogens (tertiary/aromatic N) is 4. The molecule has 0 bridgehead atoms. The first kappa shape index (κ1) is 48.5. The molecule has 3 aromatic carbocycles. The van der Waals surface area contributed by atoms with Gasteiger partial charge in [-0.3, -0.25) is 33.8 Å². The van der Waals surface area contributed by atoms with Crippen LogP contribution in [0.4, 0.5) is 8.78 Å². The van der Waals surface area contributed by atoms with Crippen LogP contribution in [-0.4, -0.2) is 89.6 Å². The molecule has 2 N–H and O–H groups in total. The third-order valence-electron chi connectivity index (χ3n) is 12.2. The first-order valence-electron chi connectivity index (χ1n) is 22.8. The number of carbonyl (C=O) groups is 2. The number of rotatable bonds is 19. The molecule has 2 aliphatic carbocycles. The summed E-state index contributed by atoms with van der Waals surface area (Å²) in [4.78, 5) is 37.7. The largest absolute Gasteiger partial charge is 0.493 e. The van der Waals surface area contributed by atoms with Crippen molar-refractivity contribution < 1.29 is 32.6 Å². The molecule has 2 aliphatic heterocycles. The van der Waals surface area contributed by atoms with Gasteiger partial charge in [0.05, 0.1) is 36.5 Å². The summed E-state index contributed by atoms with van der Waals surface area (Å²) in [7, 11) is 0. The second kappa shape index (κ2) is 22.5. The fourth-order valence-electron chi connectivity index (χ4n) is 8.62. The smallest absolute Gasteiger partial charge is 0.264 e. The van der Waals surface area contributed by atoms with Gasteiger partial charge in [0.1, 0.15) is 28.2 Å². The highest BCUT2D eigenvalue weighted by Crippen LogP contribution is 2.47. The molecule has 9 rings (SSSR count). The van der Waals surface area contributed by atoms with Gasteiger partial charge in [0.25, 0.3) is 11.8 Å². The van der Waals surface area contributed by atoms with Crippen LogP contribution in [0.25, 0.3) is 0 Å². The molecular formula is C51H57ClF2N6O5S2. The quantitative estimate of drug-likeness (QED) is 0.0771. The van der Waals surface area contributed by atoms with E-state index in [9.17, 15) is 18.4 Å². The SMILES string of the molecule is CSNC(=O)c1cc(C2CC2)c(OCC2CN(Cc3cnc(OC(C)C)c(Cl)c3)C2)cc1F.CSNC(=O)c1cc(C2CC2)c(OCC2CN([C@@H](c3ccccc3)c3cccnc3)C2)cc1F. The van der Waals surface area contributed by atoms with Crippen LogP contribution in [0.15, 0.2) is 91.4 Å². The van der Waals surface area contributed by atoms with Crippen LogP contribution in [0.2, 0.25) is 5.02 Å². The number of hydrogen-bond acceptors (Lipinski definition) is 11. The maximum absolute atomic E-state index is 14.7. The molecular weight excluding hydrogens is 914 g/mol. The van der Waals surface area contributed by atoms with E-state index in [4.69, 9.17) is 25.8 Å². The topological polar surface area (TPSA) is 118 Å². The van der Waals surface area contributed by atoms with E-state index in [0.29, 0.717) is 59.3 Å². The molecule has 0 spiro atoms. The summed E-state index contributed by atoms with van der Waals surface area (Å²) in [5, 5.41) is 0.519. The highest BCUT2D eigenvalue weighted by atomic mass is 35.5. The number of halogens is 3. The lowest BCUT2D eigenvalue weighted by molar-refractivity contribution is 0.0374. The highest BCUT2D eigenvalue weighted by Gasteiger charge is 2.36. The molecule has 67 heavy (non-hydrogen) atoms. The Balaban J connectivity index is 0.000000182. The lowest BCUT2D eigenvalue weighted by Gasteiger charge is -2.44. The molecule has 0 radical (unpaired) electrons. The van der Waals surface area contributed by atoms with Crippen LogP contribution < -0.4 is 23.7 Å². The standard InChI is InChI=1S/C27H28FN3O2S.C24H29ClFN3O3S/c1-34-30-27(32)23-12-22(19-9-10-19)25(13-24(23)28)33-17-18-15-31(16-18)26(20-6-3-2-4-7-20)21-8-5-11-29-14-21;1-14(2)32-24-20(25)6-15(9-27-24)10-29-11-16(12-29)13-31-22-8-21(26)19(23(30)28-33-3)7-18(22)17-4-5-17/h2-8,11-14,18-19,26H,9-10,15-17H2,1H3,(H,30,32);6-9,14,16-17H,4-5,10-13H2,1-3H3,(H,28,30)/t26-;/m0./s1. The van der Waals surface area contributed by atoms with Gasteiger partial charge in [0.15, 0.2) is 0 Å². The molecule has 5 aromatic rings. The predicted octanol–water partition coefficient (Wildman–Crippen LogP) is 10.3. The maximum Gasteiger partial charge on any atom is 0.264 e. The van der Waals surface area contributed by atoms with Gasteiger partial charge >= 0.3 is 0 Å². The summed E-state index contributed by atoms with van der Waals surface area (Å²) < 4.78 is 52.2. The Morgan fingerprint density at radius 1 is 0.761 bits per heavy atom. The third kappa shape index (κ3) is 12.6. The van der Waals surface area contributed by atoms with Gasteiger partial charge in [-0.05, 0) is 103 Å². The van der Waals surface area contributed by atoms with E-state index in [2.05, 4.69) is 59.5 Å². The first-order chi connectivity index (χ1) is 32.5. The molecule has 2 amide bonds. The van der Waals surface area contributed by atoms with Gasteiger partial charge < -0.3 is 14.2 Å². The minimum Gasteiger partial charge on any atom is -0.493 e. The number of hydrogen-bond donors (Lipinski definition) is 2. The molecule has 4 aliphatic rings. The van der Waals surface area contributed by atoms with Crippen molar-refractivity contribution in [1.29, 1.82) is 0 Å². The minimum absolute atomic E-state index is 0.0228. The molecule has 1 atom stereocenters. The highest BCUT2D eigenvalue weighted by molar-refractivity contribution is 7.97. The zero-order chi connectivity index (χ0) is 47.0. The molecule has 0 unspecified atom stereocenters. The van der Waals surface area contributed by atoms with E-state index in [1.165, 1.54) is 35.2 Å². The van der Waals surface area contributed by atoms with E-state index in [1.54, 1.807) is 37.0 Å². The van der Waals surface area contributed by atoms with Crippen molar-refractivity contribution in [2.75, 3.05) is 51.9 Å². The predicted molar refractivity (Wildman–Crippen MR) is 261 cm³/mol. The molecule has 4 heterocycles. The Labute approximate surface area is 405 Å². The monoisotopic (exact) mass is 970 g/mol. The van der Waals surface area contributed by atoms with Crippen LogP contribution in [0.3, 0.4) is 0 Å². The summed E-state index contributed by atoms with van der Waals surface area (Å²) in [6, 6.07) is 22.7. The van der Waals surface area contributed by atoms with Gasteiger partial charge in [-0.1, -0.05) is 71.9 Å². The normalized spacial score (nSPS) is 16.8. The average Bonchev–Trinajstić information content (AvgIpc) is 4.23. The first-order valence-corrected chi connectivity index (χ1v) is 25.6. The van der Waals surface area contributed by atoms with Crippen molar-refractivity contribution in [3.8, 4) is 17.4 Å². The Bertz CT molecular complexity index is 2450. The number of aromatic nitrogens is 2. The summed E-state index contributed by atoms with van der Waals surface area (Å²) in [5.74, 6) is 1.10. The van der Waals surface area contributed by atoms with Crippen LogP contribution in [0.5, 0.6) is 17.4 Å². The number of nitrogens with one attached hydrogen (secondary N) is 2. The number of carbonyl (C=O) groups excluding carboxylic acids is 2. The third-order valence-corrected chi connectivity index (χ3v) is 13.2. The average molecular weight is 972 g/mol. The van der Waals surface area contributed by atoms with Crippen LogP contribution in [0, 0.1) is 23.5 Å². The van der Waals surface area contributed by atoms with E-state index in [-0.39, 0.29) is 23.3 Å². The minimum atomic E-state index is -0.551. The molecule has 11 nitrogen and oxygen atoms in total. The number of amides is 2. The van der Waals surface area contributed by atoms with Crippen molar-refractivity contribution in [3.05, 3.63) is 147 Å². The molecule has 4 fully saturated rings. The fraction of sp³-hybridized carbons (Fsp3) is 0.412. The zero-order valence-corrected chi connectivity index (χ0v) is 40.6. The Morgan fingerprint density at radius 2 is 1.31 bits per heavy atom. The molecule has 2 aromatic heterocycles. The molecule has 354 valence electrons. The number of benzene rings is 3. The Hall–Kier alpha value is -4.93. The van der Waals surface area contributed by atoms with Gasteiger partial charge in [0.2, 0.25) is 5.88 Å². The summed E-state index contributed by atoms with van der Waals surface area (Å²) in [6.07, 6.45) is 13.2. The number of ether oxygens (including phenoxy) is 3. The van der Waals surface area contributed by atoms with Crippen LogP contribution in [-0.2, 0) is 6.54 Å². The lowest BCUT2D eigenvalue weighted by Crippen LogP contribution is -2.51. The Morgan fingerprint density at radius 3 is 1.81 bits per heavy atom. The molecule has 2 saturated carbocycles. The molecule has 16 heteroatoms. The summed E-state index contributed by atoms with van der Waals surface area (Å²) in [5.41, 5.74) is 5.49. The maximum atomic E-state index is 14.7. The van der Waals surface area contributed by atoms with Gasteiger partial charge in [-0.25, -0.2) is 13.8 Å². The van der Waals surface area contributed by atoms with E-state index in [0.717, 1.165) is 87.0 Å². The van der Waals surface area contributed by atoms with Crippen molar-refractivity contribution in [1.82, 2.24) is 29.2 Å². The second-order valence-corrected chi connectivity index (χ2v) is 19.6. The second-order valence-electron chi connectivity index (χ2n) is 18.0. The van der Waals surface area contributed by atoms with Crippen molar-refractivity contribution >= 4 is 47.3 Å². The van der Waals surface area contributed by atoms with Crippen LogP contribution in [0.1, 0.15) is 106 Å². The van der Waals surface area contributed by atoms with E-state index in [1.807, 2.05) is 38.2 Å². The Kier molecular flexibility index (Phi) is 16.3. The number of likely N-dealkylation sites (tertiary alicyclic amines) is 2. The molecule has 2 saturated heterocycles. The number of pyridine rings is 2. The van der Waals surface area contributed by atoms with Gasteiger partial charge in [-0.15, -0.1) is 0 Å². The van der Waals surface area contributed by atoms with Crippen LogP contribution >= 0.6 is 35.5 Å². The summed E-state index contributed by atoms with van der Waals surface area (Å²) >= 11 is 8.61. The zero-order valence-electron chi connectivity index (χ0n) is 38.2. The van der Waals surface area contributed by atoms with E-state index < -0.39 is 23.4 Å². The van der Waals surface area contributed by atoms with Crippen molar-refractivity contribution in [2.45, 2.75) is 70.1 Å². The van der Waals surface area contributed by atoms with Crippen molar-refractivity contribution in [2.24, 2.45) is 11.8 Å². The summed E-state index contributed by atoms with van der Waals surface area (Å²) in [6.45, 7) is 9.24. The van der Waals surface area contributed by atoms with Gasteiger partial charge in [0, 0.05) is 87.8 Å². The van der Waals surface area contributed by atoms with Gasteiger partial charge in [-0.2, -0.15) is 0 Å². The van der Waals surface area contributed by atoms with Crippen molar-refractivity contribution in [3.63, 3.8) is 0 Å².